The van der Waals surface area contributed by atoms with Crippen molar-refractivity contribution in [3.05, 3.63) is 22.7 Å². The normalized spacial score (nSPS) is 10.9. The molecule has 1 N–H and O–H groups in total. The fourth-order valence-corrected chi connectivity index (χ4v) is 1.52. The van der Waals surface area contributed by atoms with Crippen LogP contribution < -0.4 is 10.9 Å². The Morgan fingerprint density at radius 2 is 2.28 bits per heavy atom. The van der Waals surface area contributed by atoms with Gasteiger partial charge in [0, 0.05) is 38.7 Å². The van der Waals surface area contributed by atoms with E-state index in [-0.39, 0.29) is 5.56 Å². The smallest absolute Gasteiger partial charge is 0.293 e. The maximum Gasteiger partial charge on any atom is 0.293 e. The fourth-order valence-electron chi connectivity index (χ4n) is 1.52. The van der Waals surface area contributed by atoms with Gasteiger partial charge in [0.1, 0.15) is 0 Å². The third-order valence-corrected chi connectivity index (χ3v) is 2.46. The molecule has 0 aromatic carbocycles. The second-order valence-electron chi connectivity index (χ2n) is 4.62. The molecule has 0 bridgehead atoms. The first-order valence-electron chi connectivity index (χ1n) is 6.52. The fraction of sp³-hybridized carbons (Fsp3) is 0.692. The first-order chi connectivity index (χ1) is 8.65. The van der Waals surface area contributed by atoms with Crippen molar-refractivity contribution in [3.8, 4) is 0 Å². The lowest BCUT2D eigenvalue weighted by Gasteiger charge is -2.08. The van der Waals surface area contributed by atoms with Gasteiger partial charge in [0.05, 0.1) is 0 Å². The van der Waals surface area contributed by atoms with E-state index in [0.29, 0.717) is 31.4 Å². The zero-order valence-electron chi connectivity index (χ0n) is 11.5. The minimum Gasteiger partial charge on any atom is -0.381 e. The number of hydrogen-bond acceptors (Lipinski definition) is 4. The summed E-state index contributed by atoms with van der Waals surface area (Å²) in [4.78, 5) is 15.9. The number of nitrogens with zero attached hydrogens (tertiary/aromatic N) is 2. The molecule has 0 atom stereocenters. The van der Waals surface area contributed by atoms with Crippen LogP contribution in [0.1, 0.15) is 27.2 Å². The van der Waals surface area contributed by atoms with Gasteiger partial charge in [0.2, 0.25) is 0 Å². The number of aryl methyl sites for hydroxylation is 1. The minimum absolute atomic E-state index is 0.0666. The van der Waals surface area contributed by atoms with E-state index in [9.17, 15) is 4.79 Å². The number of ether oxygens (including phenoxy) is 1. The molecular formula is C13H23N3O2. The van der Waals surface area contributed by atoms with Gasteiger partial charge in [-0.1, -0.05) is 13.8 Å². The summed E-state index contributed by atoms with van der Waals surface area (Å²) in [7, 11) is 0. The van der Waals surface area contributed by atoms with Gasteiger partial charge in [-0.3, -0.25) is 4.79 Å². The molecule has 0 aliphatic carbocycles. The maximum absolute atomic E-state index is 11.8. The standard InChI is InChI=1S/C13H23N3O2/c1-4-16-8-7-15-12(13(16)17)14-6-5-9-18-10-11(2)3/h7-8,11H,4-6,9-10H2,1-3H3,(H,14,15). The highest BCUT2D eigenvalue weighted by molar-refractivity contribution is 5.30. The number of hydrogen-bond donors (Lipinski definition) is 1. The second kappa shape index (κ2) is 7.87. The molecular weight excluding hydrogens is 230 g/mol. The van der Waals surface area contributed by atoms with Gasteiger partial charge in [0.15, 0.2) is 5.82 Å². The van der Waals surface area contributed by atoms with Crippen molar-refractivity contribution in [2.24, 2.45) is 5.92 Å². The SMILES string of the molecule is CCn1ccnc(NCCCOCC(C)C)c1=O. The van der Waals surface area contributed by atoms with Crippen molar-refractivity contribution in [1.29, 1.82) is 0 Å². The molecule has 102 valence electrons. The number of aromatic nitrogens is 2. The van der Waals surface area contributed by atoms with Crippen LogP contribution in [0, 0.1) is 5.92 Å². The zero-order valence-corrected chi connectivity index (χ0v) is 11.5. The molecule has 1 heterocycles. The average molecular weight is 253 g/mol. The summed E-state index contributed by atoms with van der Waals surface area (Å²) in [6, 6.07) is 0. The number of nitrogens with one attached hydrogen (secondary N) is 1. The van der Waals surface area contributed by atoms with Crippen molar-refractivity contribution in [1.82, 2.24) is 9.55 Å². The van der Waals surface area contributed by atoms with Crippen molar-refractivity contribution in [2.75, 3.05) is 25.1 Å². The predicted molar refractivity (Wildman–Crippen MR) is 72.9 cm³/mol. The predicted octanol–water partition coefficient (Wildman–Crippen LogP) is 1.74. The molecule has 1 aromatic rings. The van der Waals surface area contributed by atoms with Crippen LogP contribution in [0.2, 0.25) is 0 Å². The van der Waals surface area contributed by atoms with E-state index < -0.39 is 0 Å². The van der Waals surface area contributed by atoms with Crippen LogP contribution in [0.5, 0.6) is 0 Å². The Kier molecular flexibility index (Phi) is 6.43. The van der Waals surface area contributed by atoms with Crippen molar-refractivity contribution < 1.29 is 4.74 Å². The summed E-state index contributed by atoms with van der Waals surface area (Å²) in [5.74, 6) is 0.980. The Bertz CT molecular complexity index is 401. The van der Waals surface area contributed by atoms with Gasteiger partial charge in [-0.05, 0) is 19.3 Å². The van der Waals surface area contributed by atoms with Crippen LogP contribution in [0.15, 0.2) is 17.2 Å². The summed E-state index contributed by atoms with van der Waals surface area (Å²) in [6.07, 6.45) is 4.20. The Hall–Kier alpha value is -1.36. The summed E-state index contributed by atoms with van der Waals surface area (Å²) in [6.45, 7) is 9.04. The highest BCUT2D eigenvalue weighted by Crippen LogP contribution is 1.96. The molecule has 0 saturated heterocycles. The molecule has 1 rings (SSSR count). The average Bonchev–Trinajstić information content (AvgIpc) is 2.35. The molecule has 0 radical (unpaired) electrons. The summed E-state index contributed by atoms with van der Waals surface area (Å²) in [5.41, 5.74) is -0.0666. The molecule has 0 aliphatic heterocycles. The van der Waals surface area contributed by atoms with E-state index in [1.54, 1.807) is 17.0 Å². The van der Waals surface area contributed by atoms with Crippen LogP contribution in [0.25, 0.3) is 0 Å². The van der Waals surface area contributed by atoms with Gasteiger partial charge in [-0.25, -0.2) is 4.98 Å². The third kappa shape index (κ3) is 4.87. The zero-order chi connectivity index (χ0) is 13.4. The molecule has 1 aromatic heterocycles. The van der Waals surface area contributed by atoms with Crippen LogP contribution in [0.4, 0.5) is 5.82 Å². The Morgan fingerprint density at radius 1 is 1.50 bits per heavy atom. The third-order valence-electron chi connectivity index (χ3n) is 2.46. The van der Waals surface area contributed by atoms with Crippen LogP contribution in [0.3, 0.4) is 0 Å². The lowest BCUT2D eigenvalue weighted by Crippen LogP contribution is -2.24. The van der Waals surface area contributed by atoms with E-state index in [2.05, 4.69) is 24.1 Å². The Labute approximate surface area is 108 Å². The lowest BCUT2D eigenvalue weighted by molar-refractivity contribution is 0.110. The number of anilines is 1. The molecule has 0 aliphatic rings. The summed E-state index contributed by atoms with van der Waals surface area (Å²) < 4.78 is 7.09. The van der Waals surface area contributed by atoms with E-state index in [1.165, 1.54) is 0 Å². The van der Waals surface area contributed by atoms with E-state index in [0.717, 1.165) is 13.0 Å². The summed E-state index contributed by atoms with van der Waals surface area (Å²) in [5, 5.41) is 3.05. The first kappa shape index (κ1) is 14.7. The van der Waals surface area contributed by atoms with Crippen LogP contribution >= 0.6 is 0 Å². The van der Waals surface area contributed by atoms with Gasteiger partial charge >= 0.3 is 0 Å². The second-order valence-corrected chi connectivity index (χ2v) is 4.62. The summed E-state index contributed by atoms with van der Waals surface area (Å²) >= 11 is 0. The van der Waals surface area contributed by atoms with Gasteiger partial charge in [-0.2, -0.15) is 0 Å². The molecule has 0 fully saturated rings. The largest absolute Gasteiger partial charge is 0.381 e. The number of rotatable bonds is 8. The van der Waals surface area contributed by atoms with Crippen molar-refractivity contribution >= 4 is 5.82 Å². The maximum atomic E-state index is 11.8. The topological polar surface area (TPSA) is 56.1 Å². The van der Waals surface area contributed by atoms with E-state index in [1.807, 2.05) is 6.92 Å². The van der Waals surface area contributed by atoms with Crippen LogP contribution in [-0.4, -0.2) is 29.3 Å². The molecule has 0 saturated carbocycles. The van der Waals surface area contributed by atoms with Crippen LogP contribution in [-0.2, 0) is 11.3 Å². The van der Waals surface area contributed by atoms with Gasteiger partial charge in [0.25, 0.3) is 5.56 Å². The highest BCUT2D eigenvalue weighted by atomic mass is 16.5. The molecule has 0 amide bonds. The minimum atomic E-state index is -0.0666. The lowest BCUT2D eigenvalue weighted by atomic mass is 10.2. The van der Waals surface area contributed by atoms with Crippen molar-refractivity contribution in [2.45, 2.75) is 33.7 Å². The molecule has 5 heteroatoms. The first-order valence-corrected chi connectivity index (χ1v) is 6.52. The van der Waals surface area contributed by atoms with Gasteiger partial charge < -0.3 is 14.6 Å². The monoisotopic (exact) mass is 253 g/mol. The highest BCUT2D eigenvalue weighted by Gasteiger charge is 2.02. The van der Waals surface area contributed by atoms with Gasteiger partial charge in [-0.15, -0.1) is 0 Å². The molecule has 0 spiro atoms. The Balaban J connectivity index is 2.29. The van der Waals surface area contributed by atoms with E-state index in [4.69, 9.17) is 4.74 Å². The Morgan fingerprint density at radius 3 is 2.94 bits per heavy atom. The molecule has 0 unspecified atom stereocenters. The molecule has 18 heavy (non-hydrogen) atoms. The van der Waals surface area contributed by atoms with E-state index >= 15 is 0 Å². The van der Waals surface area contributed by atoms with Crippen molar-refractivity contribution in [3.63, 3.8) is 0 Å². The molecule has 5 nitrogen and oxygen atoms in total. The quantitative estimate of drug-likeness (QED) is 0.717.